The number of likely N-dealkylation sites (N-methyl/N-ethyl adjacent to an activating group) is 1. The summed E-state index contributed by atoms with van der Waals surface area (Å²) < 4.78 is 16.3. The summed E-state index contributed by atoms with van der Waals surface area (Å²) in [6, 6.07) is 8.17. The van der Waals surface area contributed by atoms with Gasteiger partial charge < -0.3 is 9.47 Å². The predicted octanol–water partition coefficient (Wildman–Crippen LogP) is 3.94. The van der Waals surface area contributed by atoms with Crippen LogP contribution in [0.3, 0.4) is 0 Å². The lowest BCUT2D eigenvalue weighted by atomic mass is 10.1. The molecule has 3 heterocycles. The van der Waals surface area contributed by atoms with E-state index in [9.17, 15) is 9.65 Å². The Bertz CT molecular complexity index is 1070. The van der Waals surface area contributed by atoms with Gasteiger partial charge in [-0.05, 0) is 57.5 Å². The molecule has 0 bridgehead atoms. The van der Waals surface area contributed by atoms with Crippen LogP contribution < -0.4 is 0 Å². The standard InChI is InChI=1S/C21H22FN5/c1-26-7-6-16(12-26)27-20-17-8-13(10-23)2-5-18(17)24-11-19(20)25-21(27)14-3-4-15(22)9-14/h2,5,8,11,14-16H,3-4,6-7,9,12H2,1H3/t14?,15?,16-/m1/s1. The molecule has 0 N–H and O–H groups in total. The van der Waals surface area contributed by atoms with E-state index in [4.69, 9.17) is 4.98 Å². The van der Waals surface area contributed by atoms with E-state index in [-0.39, 0.29) is 5.92 Å². The topological polar surface area (TPSA) is 57.7 Å². The van der Waals surface area contributed by atoms with Crippen molar-refractivity contribution in [2.45, 2.75) is 43.8 Å². The van der Waals surface area contributed by atoms with Crippen molar-refractivity contribution in [2.75, 3.05) is 20.1 Å². The normalized spacial score (nSPS) is 26.2. The van der Waals surface area contributed by atoms with Crippen molar-refractivity contribution in [3.8, 4) is 6.07 Å². The van der Waals surface area contributed by atoms with Gasteiger partial charge in [-0.1, -0.05) is 0 Å². The molecular weight excluding hydrogens is 341 g/mol. The van der Waals surface area contributed by atoms with E-state index in [1.807, 2.05) is 18.3 Å². The van der Waals surface area contributed by atoms with E-state index in [2.05, 4.69) is 27.6 Å². The maximum Gasteiger partial charge on any atom is 0.113 e. The van der Waals surface area contributed by atoms with Gasteiger partial charge in [0.15, 0.2) is 0 Å². The molecule has 3 aromatic rings. The SMILES string of the molecule is CN1CC[C@@H](n2c(C3CCC(F)C3)nc3cnc4ccc(C#N)cc4c32)C1. The summed E-state index contributed by atoms with van der Waals surface area (Å²) in [5, 5.41) is 10.3. The summed E-state index contributed by atoms with van der Waals surface area (Å²) in [5.41, 5.74) is 3.40. The lowest BCUT2D eigenvalue weighted by Crippen LogP contribution is -2.19. The number of fused-ring (bicyclic) bond motifs is 3. The monoisotopic (exact) mass is 363 g/mol. The molecule has 0 radical (unpaired) electrons. The molecule has 1 saturated carbocycles. The van der Waals surface area contributed by atoms with Crippen LogP contribution in [-0.4, -0.2) is 45.7 Å². The average molecular weight is 363 g/mol. The highest BCUT2D eigenvalue weighted by molar-refractivity contribution is 6.03. The molecule has 2 fully saturated rings. The Hall–Kier alpha value is -2.52. The second-order valence-corrected chi connectivity index (χ2v) is 7.99. The highest BCUT2D eigenvalue weighted by atomic mass is 19.1. The summed E-state index contributed by atoms with van der Waals surface area (Å²) in [6.45, 7) is 2.01. The van der Waals surface area contributed by atoms with Crippen molar-refractivity contribution in [3.05, 3.63) is 35.8 Å². The van der Waals surface area contributed by atoms with Gasteiger partial charge in [0.2, 0.25) is 0 Å². The second-order valence-electron chi connectivity index (χ2n) is 7.99. The predicted molar refractivity (Wildman–Crippen MR) is 102 cm³/mol. The summed E-state index contributed by atoms with van der Waals surface area (Å²) in [7, 11) is 2.14. The fourth-order valence-electron chi connectivity index (χ4n) is 4.81. The van der Waals surface area contributed by atoms with Crippen LogP contribution in [0, 0.1) is 11.3 Å². The summed E-state index contributed by atoms with van der Waals surface area (Å²) in [5.74, 6) is 1.16. The lowest BCUT2D eigenvalue weighted by Gasteiger charge is -2.20. The summed E-state index contributed by atoms with van der Waals surface area (Å²) >= 11 is 0. The first kappa shape index (κ1) is 16.6. The van der Waals surface area contributed by atoms with Gasteiger partial charge in [0.25, 0.3) is 0 Å². The zero-order chi connectivity index (χ0) is 18.5. The maximum absolute atomic E-state index is 13.9. The number of aromatic nitrogens is 3. The molecule has 6 heteroatoms. The zero-order valence-electron chi connectivity index (χ0n) is 15.4. The molecule has 3 atom stereocenters. The van der Waals surface area contributed by atoms with Gasteiger partial charge in [-0.3, -0.25) is 4.98 Å². The van der Waals surface area contributed by atoms with E-state index < -0.39 is 6.17 Å². The van der Waals surface area contributed by atoms with E-state index in [0.29, 0.717) is 24.4 Å². The average Bonchev–Trinajstić information content (AvgIpc) is 3.38. The highest BCUT2D eigenvalue weighted by Crippen LogP contribution is 2.40. The van der Waals surface area contributed by atoms with Gasteiger partial charge in [0.1, 0.15) is 17.5 Å². The summed E-state index contributed by atoms with van der Waals surface area (Å²) in [6.07, 6.45) is 4.18. The smallest absolute Gasteiger partial charge is 0.113 e. The minimum absolute atomic E-state index is 0.160. The number of nitrogens with zero attached hydrogens (tertiary/aromatic N) is 5. The maximum atomic E-state index is 13.9. The first-order valence-corrected chi connectivity index (χ1v) is 9.67. The van der Waals surface area contributed by atoms with Crippen LogP contribution >= 0.6 is 0 Å². The Kier molecular flexibility index (Phi) is 3.87. The molecule has 0 spiro atoms. The number of hydrogen-bond acceptors (Lipinski definition) is 4. The fraction of sp³-hybridized carbons (Fsp3) is 0.476. The third kappa shape index (κ3) is 2.69. The van der Waals surface area contributed by atoms with Crippen LogP contribution in [0.5, 0.6) is 0 Å². The number of likely N-dealkylation sites (tertiary alicyclic amines) is 1. The van der Waals surface area contributed by atoms with Gasteiger partial charge >= 0.3 is 0 Å². The number of nitriles is 1. The first-order chi connectivity index (χ1) is 13.1. The molecule has 5 rings (SSSR count). The van der Waals surface area contributed by atoms with Crippen LogP contribution in [0.4, 0.5) is 4.39 Å². The Morgan fingerprint density at radius 2 is 2.11 bits per heavy atom. The minimum Gasteiger partial charge on any atom is -0.323 e. The van der Waals surface area contributed by atoms with E-state index in [0.717, 1.165) is 53.7 Å². The third-order valence-corrected chi connectivity index (χ3v) is 6.14. The highest BCUT2D eigenvalue weighted by Gasteiger charge is 2.33. The van der Waals surface area contributed by atoms with Gasteiger partial charge in [-0.15, -0.1) is 0 Å². The number of benzene rings is 1. The van der Waals surface area contributed by atoms with Crippen LogP contribution in [0.2, 0.25) is 0 Å². The largest absolute Gasteiger partial charge is 0.323 e. The summed E-state index contributed by atoms with van der Waals surface area (Å²) in [4.78, 5) is 11.8. The molecule has 1 aliphatic carbocycles. The Balaban J connectivity index is 1.79. The quantitative estimate of drug-likeness (QED) is 0.692. The second kappa shape index (κ2) is 6.28. The third-order valence-electron chi connectivity index (χ3n) is 6.14. The fourth-order valence-corrected chi connectivity index (χ4v) is 4.81. The minimum atomic E-state index is -0.727. The van der Waals surface area contributed by atoms with Crippen molar-refractivity contribution in [1.29, 1.82) is 5.26 Å². The molecule has 138 valence electrons. The van der Waals surface area contributed by atoms with Crippen molar-refractivity contribution in [2.24, 2.45) is 0 Å². The number of alkyl halides is 1. The Labute approximate surface area is 157 Å². The van der Waals surface area contributed by atoms with Crippen LogP contribution in [-0.2, 0) is 0 Å². The molecule has 27 heavy (non-hydrogen) atoms. The van der Waals surface area contributed by atoms with Gasteiger partial charge in [0, 0.05) is 23.9 Å². The van der Waals surface area contributed by atoms with E-state index >= 15 is 0 Å². The molecule has 1 aromatic carbocycles. The molecular formula is C21H22FN5. The number of rotatable bonds is 2. The van der Waals surface area contributed by atoms with Crippen LogP contribution in [0.15, 0.2) is 24.4 Å². The van der Waals surface area contributed by atoms with Gasteiger partial charge in [-0.25, -0.2) is 9.37 Å². The number of hydrogen-bond donors (Lipinski definition) is 0. The zero-order valence-corrected chi connectivity index (χ0v) is 15.4. The molecule has 1 saturated heterocycles. The van der Waals surface area contributed by atoms with Crippen molar-refractivity contribution >= 4 is 21.9 Å². The van der Waals surface area contributed by atoms with Gasteiger partial charge in [0.05, 0.1) is 28.9 Å². The van der Waals surface area contributed by atoms with E-state index in [1.54, 1.807) is 6.07 Å². The van der Waals surface area contributed by atoms with Crippen LogP contribution in [0.1, 0.15) is 49.0 Å². The molecule has 0 amide bonds. The molecule has 5 nitrogen and oxygen atoms in total. The van der Waals surface area contributed by atoms with Gasteiger partial charge in [-0.2, -0.15) is 5.26 Å². The molecule has 2 aromatic heterocycles. The van der Waals surface area contributed by atoms with Crippen molar-refractivity contribution in [3.63, 3.8) is 0 Å². The van der Waals surface area contributed by atoms with E-state index in [1.165, 1.54) is 0 Å². The van der Waals surface area contributed by atoms with Crippen molar-refractivity contribution < 1.29 is 4.39 Å². The Morgan fingerprint density at radius 1 is 1.22 bits per heavy atom. The molecule has 1 aliphatic heterocycles. The molecule has 2 unspecified atom stereocenters. The van der Waals surface area contributed by atoms with Crippen molar-refractivity contribution in [1.82, 2.24) is 19.4 Å². The van der Waals surface area contributed by atoms with Crippen LogP contribution in [0.25, 0.3) is 21.9 Å². The molecule has 2 aliphatic rings. The first-order valence-electron chi connectivity index (χ1n) is 9.67. The lowest BCUT2D eigenvalue weighted by molar-refractivity contribution is 0.336. The number of imidazole rings is 1. The number of halogens is 1. The number of pyridine rings is 1. The Morgan fingerprint density at radius 3 is 2.81 bits per heavy atom.